The molecular formula is C28H29N3O5. The lowest BCUT2D eigenvalue weighted by Gasteiger charge is -2.25. The fraction of sp³-hybridized carbons (Fsp3) is 0.286. The monoisotopic (exact) mass is 487 g/mol. The third kappa shape index (κ3) is 4.85. The van der Waals surface area contributed by atoms with E-state index in [0.29, 0.717) is 36.0 Å². The molecule has 1 atom stereocenters. The molecule has 36 heavy (non-hydrogen) atoms. The molecule has 0 fully saturated rings. The lowest BCUT2D eigenvalue weighted by atomic mass is 9.97. The van der Waals surface area contributed by atoms with Gasteiger partial charge in [0.05, 0.1) is 32.5 Å². The Kier molecular flexibility index (Phi) is 6.77. The molecule has 1 amide bonds. The van der Waals surface area contributed by atoms with Crippen LogP contribution >= 0.6 is 0 Å². The fourth-order valence-corrected chi connectivity index (χ4v) is 4.57. The average molecular weight is 488 g/mol. The zero-order valence-electron chi connectivity index (χ0n) is 20.6. The van der Waals surface area contributed by atoms with Gasteiger partial charge in [0.15, 0.2) is 11.5 Å². The van der Waals surface area contributed by atoms with Gasteiger partial charge in [-0.3, -0.25) is 9.69 Å². The van der Waals surface area contributed by atoms with Crippen molar-refractivity contribution in [2.45, 2.75) is 19.0 Å². The second-order valence-corrected chi connectivity index (χ2v) is 8.84. The molecule has 1 unspecified atom stereocenters. The molecule has 0 bridgehead atoms. The van der Waals surface area contributed by atoms with E-state index in [-0.39, 0.29) is 25.3 Å². The van der Waals surface area contributed by atoms with Crippen LogP contribution in [0.1, 0.15) is 29.2 Å². The van der Waals surface area contributed by atoms with Gasteiger partial charge in [-0.15, -0.1) is 0 Å². The zero-order chi connectivity index (χ0) is 25.1. The van der Waals surface area contributed by atoms with Crippen molar-refractivity contribution in [3.63, 3.8) is 0 Å². The summed E-state index contributed by atoms with van der Waals surface area (Å²) in [7, 11) is 5.17. The molecule has 0 aromatic heterocycles. The van der Waals surface area contributed by atoms with Crippen molar-refractivity contribution in [1.29, 1.82) is 0 Å². The van der Waals surface area contributed by atoms with Gasteiger partial charge in [-0.05, 0) is 42.4 Å². The molecular weight excluding hydrogens is 458 g/mol. The average Bonchev–Trinajstić information content (AvgIpc) is 3.56. The van der Waals surface area contributed by atoms with Gasteiger partial charge in [0.25, 0.3) is 5.91 Å². The predicted octanol–water partition coefficient (Wildman–Crippen LogP) is 4.24. The minimum absolute atomic E-state index is 0.0847. The number of ether oxygens (including phenoxy) is 4. The maximum Gasteiger partial charge on any atom is 0.257 e. The number of carbonyl (C=O) groups is 1. The molecule has 0 aliphatic carbocycles. The Hall–Kier alpha value is -4.04. The Balaban J connectivity index is 1.44. The van der Waals surface area contributed by atoms with Crippen LogP contribution in [-0.4, -0.2) is 56.1 Å². The van der Waals surface area contributed by atoms with E-state index in [2.05, 4.69) is 12.1 Å². The number of fused-ring (bicyclic) bond motifs is 1. The smallest absolute Gasteiger partial charge is 0.257 e. The molecule has 0 N–H and O–H groups in total. The highest BCUT2D eigenvalue weighted by Crippen LogP contribution is 2.40. The minimum atomic E-state index is -0.279. The Morgan fingerprint density at radius 2 is 1.83 bits per heavy atom. The third-order valence-electron chi connectivity index (χ3n) is 6.37. The highest BCUT2D eigenvalue weighted by atomic mass is 16.7. The normalized spacial score (nSPS) is 16.3. The zero-order valence-corrected chi connectivity index (χ0v) is 20.6. The van der Waals surface area contributed by atoms with E-state index < -0.39 is 0 Å². The molecule has 8 heteroatoms. The lowest BCUT2D eigenvalue weighted by Crippen LogP contribution is -2.36. The Labute approximate surface area is 210 Å². The molecule has 2 aliphatic heterocycles. The van der Waals surface area contributed by atoms with Crippen molar-refractivity contribution in [3.05, 3.63) is 83.4 Å². The number of nitrogens with zero attached hydrogens (tertiary/aromatic N) is 3. The molecule has 5 rings (SSSR count). The van der Waals surface area contributed by atoms with Gasteiger partial charge in [0.1, 0.15) is 11.5 Å². The number of benzene rings is 3. The summed E-state index contributed by atoms with van der Waals surface area (Å²) < 4.78 is 22.0. The van der Waals surface area contributed by atoms with Gasteiger partial charge in [-0.25, -0.2) is 5.01 Å². The SMILES string of the molecule is COc1ccc(C2=NN(C(=O)CN(C)Cc3ccccc3)C(c3ccc4c(c3)OCO4)C2)c(OC)c1. The first-order chi connectivity index (χ1) is 17.6. The van der Waals surface area contributed by atoms with Gasteiger partial charge in [0, 0.05) is 24.6 Å². The van der Waals surface area contributed by atoms with Crippen molar-refractivity contribution in [1.82, 2.24) is 9.91 Å². The van der Waals surface area contributed by atoms with E-state index in [0.717, 1.165) is 22.4 Å². The van der Waals surface area contributed by atoms with Gasteiger partial charge in [-0.2, -0.15) is 5.10 Å². The van der Waals surface area contributed by atoms with Crippen LogP contribution in [0.4, 0.5) is 0 Å². The van der Waals surface area contributed by atoms with E-state index in [9.17, 15) is 4.79 Å². The van der Waals surface area contributed by atoms with Crippen LogP contribution in [0.15, 0.2) is 71.8 Å². The number of hydrogen-bond donors (Lipinski definition) is 0. The van der Waals surface area contributed by atoms with Crippen LogP contribution in [-0.2, 0) is 11.3 Å². The number of carbonyl (C=O) groups excluding carboxylic acids is 1. The van der Waals surface area contributed by atoms with Crippen molar-refractivity contribution in [2.75, 3.05) is 34.6 Å². The van der Waals surface area contributed by atoms with Gasteiger partial charge in [0.2, 0.25) is 6.79 Å². The van der Waals surface area contributed by atoms with E-state index in [1.807, 2.05) is 66.5 Å². The number of hydrazone groups is 1. The molecule has 8 nitrogen and oxygen atoms in total. The molecule has 2 heterocycles. The van der Waals surface area contributed by atoms with Crippen LogP contribution < -0.4 is 18.9 Å². The van der Waals surface area contributed by atoms with E-state index in [1.165, 1.54) is 0 Å². The number of hydrogen-bond acceptors (Lipinski definition) is 7. The summed E-state index contributed by atoms with van der Waals surface area (Å²) in [6.45, 7) is 1.09. The second kappa shape index (κ2) is 10.3. The van der Waals surface area contributed by atoms with E-state index in [4.69, 9.17) is 24.0 Å². The number of amides is 1. The third-order valence-corrected chi connectivity index (χ3v) is 6.37. The quantitative estimate of drug-likeness (QED) is 0.473. The summed E-state index contributed by atoms with van der Waals surface area (Å²) in [6, 6.07) is 21.2. The Bertz CT molecular complexity index is 1280. The van der Waals surface area contributed by atoms with E-state index >= 15 is 0 Å². The van der Waals surface area contributed by atoms with Gasteiger partial charge < -0.3 is 18.9 Å². The Morgan fingerprint density at radius 1 is 1.03 bits per heavy atom. The number of methoxy groups -OCH3 is 2. The van der Waals surface area contributed by atoms with Crippen LogP contribution in [0.5, 0.6) is 23.0 Å². The van der Waals surface area contributed by atoms with Crippen molar-refractivity contribution >= 4 is 11.6 Å². The standard InChI is InChI=1S/C28H29N3O5/c1-30(16-19-7-5-4-6-8-19)17-28(32)31-24(20-9-12-25-27(13-20)36-18-35-25)15-23(29-31)22-11-10-21(33-2)14-26(22)34-3/h4-14,24H,15-18H2,1-3H3. The van der Waals surface area contributed by atoms with Crippen molar-refractivity contribution in [3.8, 4) is 23.0 Å². The topological polar surface area (TPSA) is 72.8 Å². The van der Waals surface area contributed by atoms with Crippen LogP contribution in [0.2, 0.25) is 0 Å². The maximum atomic E-state index is 13.6. The summed E-state index contributed by atoms with van der Waals surface area (Å²) >= 11 is 0. The largest absolute Gasteiger partial charge is 0.497 e. The summed E-state index contributed by atoms with van der Waals surface area (Å²) in [5.41, 5.74) is 3.69. The molecule has 2 aliphatic rings. The summed E-state index contributed by atoms with van der Waals surface area (Å²) in [5, 5.41) is 6.41. The molecule has 0 saturated carbocycles. The number of likely N-dealkylation sites (N-methyl/N-ethyl adjacent to an activating group) is 1. The first kappa shape index (κ1) is 23.7. The molecule has 0 radical (unpaired) electrons. The molecule has 3 aromatic rings. The lowest BCUT2D eigenvalue weighted by molar-refractivity contribution is -0.134. The predicted molar refractivity (Wildman–Crippen MR) is 136 cm³/mol. The first-order valence-electron chi connectivity index (χ1n) is 11.8. The van der Waals surface area contributed by atoms with E-state index in [1.54, 1.807) is 19.2 Å². The molecule has 186 valence electrons. The van der Waals surface area contributed by atoms with Crippen LogP contribution in [0.3, 0.4) is 0 Å². The first-order valence-corrected chi connectivity index (χ1v) is 11.8. The summed E-state index contributed by atoms with van der Waals surface area (Å²) in [4.78, 5) is 15.6. The maximum absolute atomic E-state index is 13.6. The molecule has 3 aromatic carbocycles. The van der Waals surface area contributed by atoms with Gasteiger partial charge in [-0.1, -0.05) is 36.4 Å². The molecule has 0 saturated heterocycles. The Morgan fingerprint density at radius 3 is 2.61 bits per heavy atom. The van der Waals surface area contributed by atoms with Crippen molar-refractivity contribution < 1.29 is 23.7 Å². The highest BCUT2D eigenvalue weighted by molar-refractivity contribution is 6.05. The summed E-state index contributed by atoms with van der Waals surface area (Å²) in [5.74, 6) is 2.63. The number of rotatable bonds is 8. The fourth-order valence-electron chi connectivity index (χ4n) is 4.57. The van der Waals surface area contributed by atoms with Gasteiger partial charge >= 0.3 is 0 Å². The minimum Gasteiger partial charge on any atom is -0.497 e. The highest BCUT2D eigenvalue weighted by Gasteiger charge is 2.35. The molecule has 0 spiro atoms. The van der Waals surface area contributed by atoms with Crippen molar-refractivity contribution in [2.24, 2.45) is 5.10 Å². The summed E-state index contributed by atoms with van der Waals surface area (Å²) in [6.07, 6.45) is 0.538. The second-order valence-electron chi connectivity index (χ2n) is 8.84. The van der Waals surface area contributed by atoms with Crippen LogP contribution in [0, 0.1) is 0 Å². The van der Waals surface area contributed by atoms with Crippen LogP contribution in [0.25, 0.3) is 0 Å².